The van der Waals surface area contributed by atoms with Gasteiger partial charge in [-0.3, -0.25) is 9.59 Å². The largest absolute Gasteiger partial charge is 0.495 e. The van der Waals surface area contributed by atoms with Crippen molar-refractivity contribution in [2.75, 3.05) is 17.7 Å². The minimum Gasteiger partial charge on any atom is -0.495 e. The Bertz CT molecular complexity index is 583. The Morgan fingerprint density at radius 3 is 2.25 bits per heavy atom. The maximum atomic E-state index is 12.4. The number of imide groups is 1. The van der Waals surface area contributed by atoms with E-state index in [0.717, 1.165) is 0 Å². The van der Waals surface area contributed by atoms with E-state index in [4.69, 9.17) is 10.5 Å². The van der Waals surface area contributed by atoms with Gasteiger partial charge in [-0.2, -0.15) is 0 Å². The van der Waals surface area contributed by atoms with Gasteiger partial charge in [0.1, 0.15) is 5.75 Å². The number of allylic oxidation sites excluding steroid dienone is 2. The van der Waals surface area contributed by atoms with Gasteiger partial charge in [0.05, 0.1) is 30.3 Å². The number of ether oxygens (including phenoxy) is 1. The lowest BCUT2D eigenvalue weighted by molar-refractivity contribution is -0.122. The Labute approximate surface area is 117 Å². The number of nitrogens with zero attached hydrogens (tertiary/aromatic N) is 1. The zero-order valence-electron chi connectivity index (χ0n) is 11.2. The number of amides is 2. The summed E-state index contributed by atoms with van der Waals surface area (Å²) in [6, 6.07) is 4.97. The van der Waals surface area contributed by atoms with Gasteiger partial charge in [0.25, 0.3) is 0 Å². The first kappa shape index (κ1) is 12.7. The van der Waals surface area contributed by atoms with Crippen LogP contribution in [0.25, 0.3) is 0 Å². The van der Waals surface area contributed by atoms with E-state index in [9.17, 15) is 9.59 Å². The molecule has 2 atom stereocenters. The van der Waals surface area contributed by atoms with Crippen LogP contribution >= 0.6 is 0 Å². The van der Waals surface area contributed by atoms with Gasteiger partial charge in [0.2, 0.25) is 11.8 Å². The fraction of sp³-hybridized carbons (Fsp3) is 0.333. The molecule has 1 aromatic rings. The summed E-state index contributed by atoms with van der Waals surface area (Å²) in [5, 5.41) is 0. The Balaban J connectivity index is 1.96. The average Bonchev–Trinajstić information content (AvgIpc) is 2.71. The normalized spacial score (nSPS) is 24.9. The maximum absolute atomic E-state index is 12.4. The number of methoxy groups -OCH3 is 1. The number of hydrogen-bond acceptors (Lipinski definition) is 4. The van der Waals surface area contributed by atoms with E-state index in [2.05, 4.69) is 0 Å². The van der Waals surface area contributed by atoms with Crippen molar-refractivity contribution in [2.24, 2.45) is 11.8 Å². The first-order valence-electron chi connectivity index (χ1n) is 6.60. The van der Waals surface area contributed by atoms with Gasteiger partial charge < -0.3 is 10.5 Å². The van der Waals surface area contributed by atoms with Gasteiger partial charge in [-0.1, -0.05) is 12.2 Å². The van der Waals surface area contributed by atoms with Crippen molar-refractivity contribution in [3.05, 3.63) is 30.4 Å². The molecule has 0 saturated carbocycles. The predicted molar refractivity (Wildman–Crippen MR) is 75.3 cm³/mol. The molecular formula is C15H16N2O3. The molecule has 1 aliphatic carbocycles. The third-order valence-electron chi connectivity index (χ3n) is 3.98. The monoisotopic (exact) mass is 272 g/mol. The molecule has 1 aliphatic heterocycles. The summed E-state index contributed by atoms with van der Waals surface area (Å²) in [5.74, 6) is -0.179. The number of anilines is 2. The van der Waals surface area contributed by atoms with Gasteiger partial charge in [-0.15, -0.1) is 0 Å². The molecule has 2 N–H and O–H groups in total. The molecule has 1 fully saturated rings. The zero-order valence-corrected chi connectivity index (χ0v) is 11.2. The van der Waals surface area contributed by atoms with Crippen LogP contribution in [-0.2, 0) is 9.59 Å². The van der Waals surface area contributed by atoms with Gasteiger partial charge in [-0.25, -0.2) is 4.90 Å². The van der Waals surface area contributed by atoms with Crippen LogP contribution in [0.5, 0.6) is 5.75 Å². The van der Waals surface area contributed by atoms with E-state index < -0.39 is 0 Å². The SMILES string of the molecule is COc1ccc(N2C(=O)[C@H]3CC=CC[C@H]3C2=O)cc1N. The summed E-state index contributed by atoms with van der Waals surface area (Å²) in [6.07, 6.45) is 5.21. The third-order valence-corrected chi connectivity index (χ3v) is 3.98. The summed E-state index contributed by atoms with van der Waals surface area (Å²) < 4.78 is 5.09. The van der Waals surface area contributed by atoms with Crippen molar-refractivity contribution in [1.82, 2.24) is 0 Å². The zero-order chi connectivity index (χ0) is 14.3. The lowest BCUT2D eigenvalue weighted by Crippen LogP contribution is -2.30. The summed E-state index contributed by atoms with van der Waals surface area (Å²) in [4.78, 5) is 26.1. The highest BCUT2D eigenvalue weighted by molar-refractivity contribution is 6.22. The number of rotatable bonds is 2. The molecule has 1 heterocycles. The van der Waals surface area contributed by atoms with E-state index >= 15 is 0 Å². The molecule has 0 bridgehead atoms. The Morgan fingerprint density at radius 1 is 1.15 bits per heavy atom. The van der Waals surface area contributed by atoms with Crippen LogP contribution < -0.4 is 15.4 Å². The molecule has 2 amide bonds. The Morgan fingerprint density at radius 2 is 1.75 bits per heavy atom. The molecule has 0 aromatic heterocycles. The molecule has 104 valence electrons. The molecular weight excluding hydrogens is 256 g/mol. The summed E-state index contributed by atoms with van der Waals surface area (Å²) in [7, 11) is 1.53. The van der Waals surface area contributed by atoms with E-state index in [0.29, 0.717) is 30.0 Å². The number of fused-ring (bicyclic) bond motifs is 1. The van der Waals surface area contributed by atoms with Crippen LogP contribution in [0.3, 0.4) is 0 Å². The van der Waals surface area contributed by atoms with Crippen LogP contribution in [-0.4, -0.2) is 18.9 Å². The third kappa shape index (κ3) is 1.78. The molecule has 0 spiro atoms. The molecule has 5 heteroatoms. The fourth-order valence-corrected chi connectivity index (χ4v) is 2.92. The lowest BCUT2D eigenvalue weighted by Gasteiger charge is -2.16. The van der Waals surface area contributed by atoms with Crippen molar-refractivity contribution >= 4 is 23.2 Å². The molecule has 3 rings (SSSR count). The number of nitrogens with two attached hydrogens (primary N) is 1. The summed E-state index contributed by atoms with van der Waals surface area (Å²) in [5.41, 5.74) is 6.79. The summed E-state index contributed by atoms with van der Waals surface area (Å²) >= 11 is 0. The van der Waals surface area contributed by atoms with Crippen LogP contribution in [0.2, 0.25) is 0 Å². The molecule has 1 aromatic carbocycles. The van der Waals surface area contributed by atoms with Crippen LogP contribution in [0.1, 0.15) is 12.8 Å². The van der Waals surface area contributed by atoms with Crippen molar-refractivity contribution in [3.8, 4) is 5.75 Å². The predicted octanol–water partition coefficient (Wildman–Crippen LogP) is 1.73. The quantitative estimate of drug-likeness (QED) is 0.505. The highest BCUT2D eigenvalue weighted by Gasteiger charge is 2.47. The number of carbonyl (C=O) groups is 2. The van der Waals surface area contributed by atoms with E-state index in [1.165, 1.54) is 12.0 Å². The molecule has 20 heavy (non-hydrogen) atoms. The summed E-state index contributed by atoms with van der Waals surface area (Å²) in [6.45, 7) is 0. The highest BCUT2D eigenvalue weighted by Crippen LogP contribution is 2.38. The van der Waals surface area contributed by atoms with Crippen molar-refractivity contribution in [1.29, 1.82) is 0 Å². The first-order valence-corrected chi connectivity index (χ1v) is 6.60. The Kier molecular flexibility index (Phi) is 2.97. The van der Waals surface area contributed by atoms with Gasteiger partial charge in [0, 0.05) is 0 Å². The number of benzene rings is 1. The van der Waals surface area contributed by atoms with Gasteiger partial charge in [-0.05, 0) is 31.0 Å². The number of carbonyl (C=O) groups excluding carboxylic acids is 2. The Hall–Kier alpha value is -2.30. The van der Waals surface area contributed by atoms with E-state index in [1.54, 1.807) is 18.2 Å². The number of nitrogen functional groups attached to an aromatic ring is 1. The smallest absolute Gasteiger partial charge is 0.238 e. The molecule has 2 aliphatic rings. The van der Waals surface area contributed by atoms with Crippen LogP contribution in [0.15, 0.2) is 30.4 Å². The first-order chi connectivity index (χ1) is 9.63. The van der Waals surface area contributed by atoms with Gasteiger partial charge in [0.15, 0.2) is 0 Å². The lowest BCUT2D eigenvalue weighted by atomic mass is 9.85. The molecule has 0 unspecified atom stereocenters. The average molecular weight is 272 g/mol. The van der Waals surface area contributed by atoms with Crippen molar-refractivity contribution < 1.29 is 14.3 Å². The topological polar surface area (TPSA) is 72.6 Å². The molecule has 1 saturated heterocycles. The van der Waals surface area contributed by atoms with E-state index in [1.807, 2.05) is 12.2 Å². The minimum absolute atomic E-state index is 0.131. The highest BCUT2D eigenvalue weighted by atomic mass is 16.5. The number of hydrogen-bond donors (Lipinski definition) is 1. The maximum Gasteiger partial charge on any atom is 0.238 e. The second kappa shape index (κ2) is 4.67. The molecule has 5 nitrogen and oxygen atoms in total. The van der Waals surface area contributed by atoms with Crippen LogP contribution in [0, 0.1) is 11.8 Å². The standard InChI is InChI=1S/C15H16N2O3/c1-20-13-7-6-9(8-12(13)16)17-14(18)10-4-2-3-5-11(10)15(17)19/h2-3,6-8,10-11H,4-5,16H2,1H3/t10-,11+. The second-order valence-electron chi connectivity index (χ2n) is 5.09. The van der Waals surface area contributed by atoms with Crippen LogP contribution in [0.4, 0.5) is 11.4 Å². The molecule has 0 radical (unpaired) electrons. The van der Waals surface area contributed by atoms with Crippen molar-refractivity contribution in [3.63, 3.8) is 0 Å². The van der Waals surface area contributed by atoms with E-state index in [-0.39, 0.29) is 23.7 Å². The fourth-order valence-electron chi connectivity index (χ4n) is 2.92. The second-order valence-corrected chi connectivity index (χ2v) is 5.09. The van der Waals surface area contributed by atoms with Crippen molar-refractivity contribution in [2.45, 2.75) is 12.8 Å². The van der Waals surface area contributed by atoms with Gasteiger partial charge >= 0.3 is 0 Å². The minimum atomic E-state index is -0.226.